The van der Waals surface area contributed by atoms with Crippen LogP contribution in [-0.2, 0) is 6.54 Å². The zero-order valence-electron chi connectivity index (χ0n) is 26.7. The van der Waals surface area contributed by atoms with Gasteiger partial charge in [-0.2, -0.15) is 0 Å². The van der Waals surface area contributed by atoms with E-state index in [1.165, 1.54) is 11.8 Å². The molecule has 0 aliphatic heterocycles. The van der Waals surface area contributed by atoms with Gasteiger partial charge in [-0.1, -0.05) is 54.1 Å². The third-order valence-corrected chi connectivity index (χ3v) is 8.02. The van der Waals surface area contributed by atoms with Gasteiger partial charge >= 0.3 is 0 Å². The number of pyridine rings is 4. The summed E-state index contributed by atoms with van der Waals surface area (Å²) in [6, 6.07) is 29.4. The Morgan fingerprint density at radius 3 is 1.94 bits per heavy atom. The second-order valence-electron chi connectivity index (χ2n) is 11.6. The van der Waals surface area contributed by atoms with Crippen molar-refractivity contribution in [1.82, 2.24) is 19.5 Å². The van der Waals surface area contributed by atoms with Crippen LogP contribution >= 0.6 is 0 Å². The van der Waals surface area contributed by atoms with Gasteiger partial charge in [-0.25, -0.2) is 0 Å². The summed E-state index contributed by atoms with van der Waals surface area (Å²) >= 11 is 0. The van der Waals surface area contributed by atoms with E-state index in [4.69, 9.17) is 0 Å². The van der Waals surface area contributed by atoms with E-state index in [1.54, 1.807) is 68.0 Å². The van der Waals surface area contributed by atoms with Gasteiger partial charge in [0, 0.05) is 70.1 Å². The zero-order chi connectivity index (χ0) is 33.8. The lowest BCUT2D eigenvalue weighted by atomic mass is 10.0. The van der Waals surface area contributed by atoms with Gasteiger partial charge < -0.3 is 9.55 Å². The maximum Gasteiger partial charge on any atom is 0.200 e. The van der Waals surface area contributed by atoms with Crippen LogP contribution in [0.3, 0.4) is 0 Å². The number of carbonyl (C=O) groups is 2. The molecule has 0 atom stereocenters. The first-order chi connectivity index (χ1) is 23.2. The summed E-state index contributed by atoms with van der Waals surface area (Å²) in [5.74, 6) is -0.568. The smallest absolute Gasteiger partial charge is 0.200 e. The highest BCUT2D eigenvalue weighted by Crippen LogP contribution is 2.17. The molecule has 0 radical (unpaired) electrons. The predicted octanol–water partition coefficient (Wildman–Crippen LogP) is 6.76. The summed E-state index contributed by atoms with van der Waals surface area (Å²) in [5, 5.41) is 1.07. The third-order valence-electron chi connectivity index (χ3n) is 8.02. The number of aromatic amines is 1. The first-order valence-corrected chi connectivity index (χ1v) is 15.4. The number of hydrogen-bond acceptors (Lipinski definition) is 6. The molecule has 4 heterocycles. The molecule has 0 spiro atoms. The molecule has 0 amide bonds. The first-order valence-electron chi connectivity index (χ1n) is 15.4. The lowest BCUT2D eigenvalue weighted by Crippen LogP contribution is -2.20. The molecule has 0 saturated heterocycles. The van der Waals surface area contributed by atoms with Gasteiger partial charge in [0.2, 0.25) is 10.9 Å². The Morgan fingerprint density at radius 2 is 1.27 bits per heavy atom. The number of carbonyl (C=O) groups excluding carboxylic acids is 2. The van der Waals surface area contributed by atoms with Crippen LogP contribution in [-0.4, -0.2) is 31.1 Å². The SMILES string of the molecule is Cc1cc(C(=O)c2c[nH]c3ccccc3c2=O)ccn1.Cc1cccc(Cn2cc(C(=O)c3ccnc(C)c3)c(=O)c3ccccc32)c1. The van der Waals surface area contributed by atoms with Gasteiger partial charge in [0.1, 0.15) is 0 Å². The number of aromatic nitrogens is 4. The van der Waals surface area contributed by atoms with Crippen LogP contribution in [0.5, 0.6) is 0 Å². The van der Waals surface area contributed by atoms with Crippen molar-refractivity contribution >= 4 is 33.4 Å². The molecule has 3 aromatic carbocycles. The van der Waals surface area contributed by atoms with E-state index in [1.807, 2.05) is 66.9 Å². The predicted molar refractivity (Wildman–Crippen MR) is 188 cm³/mol. The maximum absolute atomic E-state index is 13.1. The molecule has 8 nitrogen and oxygen atoms in total. The highest BCUT2D eigenvalue weighted by Gasteiger charge is 2.18. The number of nitrogens with one attached hydrogen (secondary N) is 1. The fourth-order valence-electron chi connectivity index (χ4n) is 5.67. The van der Waals surface area contributed by atoms with Crippen molar-refractivity contribution in [2.24, 2.45) is 0 Å². The molecule has 0 fully saturated rings. The number of para-hydroxylation sites is 2. The summed E-state index contributed by atoms with van der Waals surface area (Å²) in [4.78, 5) is 62.1. The summed E-state index contributed by atoms with van der Waals surface area (Å²) < 4.78 is 1.98. The zero-order valence-corrected chi connectivity index (χ0v) is 26.7. The molecule has 0 aliphatic rings. The average molecular weight is 633 g/mol. The molecular formula is C40H32N4O4. The van der Waals surface area contributed by atoms with E-state index >= 15 is 0 Å². The monoisotopic (exact) mass is 632 g/mol. The van der Waals surface area contributed by atoms with E-state index in [-0.39, 0.29) is 33.6 Å². The number of benzene rings is 3. The molecule has 4 aromatic heterocycles. The number of rotatable bonds is 6. The molecule has 0 bridgehead atoms. The maximum atomic E-state index is 13.1. The summed E-state index contributed by atoms with van der Waals surface area (Å²) in [6.07, 6.45) is 6.32. The number of fused-ring (bicyclic) bond motifs is 2. The van der Waals surface area contributed by atoms with Crippen molar-refractivity contribution in [3.05, 3.63) is 187 Å². The van der Waals surface area contributed by atoms with Gasteiger partial charge in [0.25, 0.3) is 0 Å². The van der Waals surface area contributed by atoms with Crippen LogP contribution in [0.1, 0.15) is 54.4 Å². The van der Waals surface area contributed by atoms with Crippen molar-refractivity contribution < 1.29 is 9.59 Å². The van der Waals surface area contributed by atoms with Gasteiger partial charge in [-0.15, -0.1) is 0 Å². The largest absolute Gasteiger partial charge is 0.360 e. The Labute approximate surface area is 276 Å². The quantitative estimate of drug-likeness (QED) is 0.203. The Morgan fingerprint density at radius 1 is 0.667 bits per heavy atom. The fraction of sp³-hybridized carbons (Fsp3) is 0.100. The molecule has 7 aromatic rings. The molecule has 48 heavy (non-hydrogen) atoms. The van der Waals surface area contributed by atoms with Crippen molar-refractivity contribution in [2.45, 2.75) is 27.3 Å². The number of aryl methyl sites for hydroxylation is 3. The minimum absolute atomic E-state index is 0.148. The second kappa shape index (κ2) is 13.6. The van der Waals surface area contributed by atoms with Gasteiger partial charge in [0.05, 0.1) is 16.6 Å². The summed E-state index contributed by atoms with van der Waals surface area (Å²) in [6.45, 7) is 6.26. The molecule has 236 valence electrons. The highest BCUT2D eigenvalue weighted by molar-refractivity contribution is 6.10. The van der Waals surface area contributed by atoms with Crippen LogP contribution in [0.15, 0.2) is 131 Å². The number of H-pyrrole nitrogens is 1. The van der Waals surface area contributed by atoms with Crippen LogP contribution in [0.2, 0.25) is 0 Å². The van der Waals surface area contributed by atoms with E-state index in [0.29, 0.717) is 28.4 Å². The van der Waals surface area contributed by atoms with Gasteiger partial charge in [-0.3, -0.25) is 29.1 Å². The van der Waals surface area contributed by atoms with Crippen LogP contribution in [0, 0.1) is 20.8 Å². The Balaban J connectivity index is 0.000000177. The van der Waals surface area contributed by atoms with Crippen LogP contribution in [0.25, 0.3) is 21.8 Å². The highest BCUT2D eigenvalue weighted by atomic mass is 16.1. The standard InChI is InChI=1S/C24H20N2O2.C16H12N2O2/c1-16-6-5-7-18(12-16)14-26-15-21(23(27)19-10-11-25-17(2)13-19)24(28)20-8-3-4-9-22(20)26;1-10-8-11(6-7-17-10)15(19)13-9-18-14-5-3-2-4-12(14)16(13)20/h3-13,15H,14H2,1-2H3;2-9H,1H3,(H,18,20). The summed E-state index contributed by atoms with van der Waals surface area (Å²) in [5.41, 5.74) is 6.09. The second-order valence-corrected chi connectivity index (χ2v) is 11.6. The van der Waals surface area contributed by atoms with Crippen molar-refractivity contribution in [2.75, 3.05) is 0 Å². The molecule has 0 unspecified atom stereocenters. The first kappa shape index (κ1) is 31.7. The Kier molecular flexibility index (Phi) is 8.98. The number of ketones is 2. The van der Waals surface area contributed by atoms with E-state index in [0.717, 1.165) is 28.0 Å². The number of hydrogen-bond donors (Lipinski definition) is 1. The molecule has 8 heteroatoms. The van der Waals surface area contributed by atoms with E-state index in [9.17, 15) is 19.2 Å². The third kappa shape index (κ3) is 6.64. The lowest BCUT2D eigenvalue weighted by Gasteiger charge is -2.14. The molecule has 0 saturated carbocycles. The molecule has 1 N–H and O–H groups in total. The number of nitrogens with zero attached hydrogens (tertiary/aromatic N) is 3. The minimum atomic E-state index is -0.289. The van der Waals surface area contributed by atoms with Crippen LogP contribution in [0.4, 0.5) is 0 Å². The molecular weight excluding hydrogens is 600 g/mol. The minimum Gasteiger partial charge on any atom is -0.360 e. The average Bonchev–Trinajstić information content (AvgIpc) is 3.09. The summed E-state index contributed by atoms with van der Waals surface area (Å²) in [7, 11) is 0. The normalized spacial score (nSPS) is 10.8. The lowest BCUT2D eigenvalue weighted by molar-refractivity contribution is 0.102. The Hall–Kier alpha value is -6.28. The van der Waals surface area contributed by atoms with Gasteiger partial charge in [0.15, 0.2) is 11.6 Å². The van der Waals surface area contributed by atoms with Crippen molar-refractivity contribution in [1.29, 1.82) is 0 Å². The van der Waals surface area contributed by atoms with E-state index < -0.39 is 0 Å². The molecule has 0 aliphatic carbocycles. The molecule has 7 rings (SSSR count). The topological polar surface area (TPSA) is 115 Å². The van der Waals surface area contributed by atoms with Crippen molar-refractivity contribution in [3.8, 4) is 0 Å². The van der Waals surface area contributed by atoms with Crippen molar-refractivity contribution in [3.63, 3.8) is 0 Å². The van der Waals surface area contributed by atoms with Crippen LogP contribution < -0.4 is 10.9 Å². The van der Waals surface area contributed by atoms with E-state index in [2.05, 4.69) is 21.0 Å². The Bertz CT molecular complexity index is 2460. The fourth-order valence-corrected chi connectivity index (χ4v) is 5.67. The van der Waals surface area contributed by atoms with Gasteiger partial charge in [-0.05, 0) is 74.9 Å².